The summed E-state index contributed by atoms with van der Waals surface area (Å²) >= 11 is 0. The van der Waals surface area contributed by atoms with E-state index in [1.807, 2.05) is 0 Å². The van der Waals surface area contributed by atoms with Crippen LogP contribution in [0, 0.1) is 0 Å². The average Bonchev–Trinajstić information content (AvgIpc) is 2.97. The normalized spacial score (nSPS) is 26.3. The van der Waals surface area contributed by atoms with E-state index in [-0.39, 0.29) is 23.2 Å². The fourth-order valence-corrected chi connectivity index (χ4v) is 2.13. The molecule has 2 N–H and O–H groups in total. The van der Waals surface area contributed by atoms with Crippen LogP contribution in [0.15, 0.2) is 12.3 Å². The summed E-state index contributed by atoms with van der Waals surface area (Å²) in [6.45, 7) is 0. The summed E-state index contributed by atoms with van der Waals surface area (Å²) in [5.41, 5.74) is 0.745. The summed E-state index contributed by atoms with van der Waals surface area (Å²) in [4.78, 5) is 14.6. The molecule has 15 heavy (non-hydrogen) atoms. The molecule has 2 atom stereocenters. The van der Waals surface area contributed by atoms with Crippen LogP contribution in [0.1, 0.15) is 28.4 Å². The molecule has 1 unspecified atom stereocenters. The average molecular weight is 205 g/mol. The van der Waals surface area contributed by atoms with Crippen molar-refractivity contribution in [2.24, 2.45) is 0 Å². The van der Waals surface area contributed by atoms with E-state index >= 15 is 0 Å². The number of carboxylic acid groups (broad SMARTS) is 1. The van der Waals surface area contributed by atoms with Crippen molar-refractivity contribution in [3.05, 3.63) is 23.5 Å². The van der Waals surface area contributed by atoms with Crippen LogP contribution in [0.2, 0.25) is 5.82 Å². The summed E-state index contributed by atoms with van der Waals surface area (Å²) in [5.74, 6) is -0.527. The number of fused-ring (bicyclic) bond motifs is 3. The van der Waals surface area contributed by atoms with Crippen molar-refractivity contribution in [2.75, 3.05) is 0 Å². The first-order valence-electron chi connectivity index (χ1n) is 4.75. The first-order valence-corrected chi connectivity index (χ1v) is 4.75. The van der Waals surface area contributed by atoms with Gasteiger partial charge in [0, 0.05) is 12.0 Å². The highest BCUT2D eigenvalue weighted by Crippen LogP contribution is 2.59. The van der Waals surface area contributed by atoms with Gasteiger partial charge in [0.05, 0.1) is 0 Å². The molecule has 0 radical (unpaired) electrons. The number of carboxylic acids is 1. The maximum absolute atomic E-state index is 10.9. The monoisotopic (exact) mass is 205 g/mol. The Balaban J connectivity index is 2.14. The third-order valence-corrected chi connectivity index (χ3v) is 2.98. The number of hydrogen-bond acceptors (Lipinski definition) is 4. The van der Waals surface area contributed by atoms with Crippen molar-refractivity contribution in [2.45, 2.75) is 18.2 Å². The highest BCUT2D eigenvalue weighted by atomic mass is 16.5. The predicted octanol–water partition coefficient (Wildman–Crippen LogP) is 0.510. The molecule has 0 bridgehead atoms. The molecule has 1 fully saturated rings. The molecular formula is C9H8BNO4. The lowest BCUT2D eigenvalue weighted by molar-refractivity contribution is 0.0687. The molecule has 1 aromatic rings. The number of nitrogens with zero attached hydrogens (tertiary/aromatic N) is 1. The van der Waals surface area contributed by atoms with Gasteiger partial charge in [-0.05, 0) is 24.0 Å². The third kappa shape index (κ3) is 1.14. The second-order valence-electron chi connectivity index (χ2n) is 3.90. The molecule has 1 saturated carbocycles. The number of hydrogen-bond donors (Lipinski definition) is 2. The molecule has 1 aromatic heterocycles. The maximum Gasteiger partial charge on any atom is 0.526 e. The highest BCUT2D eigenvalue weighted by Gasteiger charge is 2.54. The van der Waals surface area contributed by atoms with Gasteiger partial charge in [0.25, 0.3) is 0 Å². The van der Waals surface area contributed by atoms with Gasteiger partial charge in [-0.2, -0.15) is 0 Å². The summed E-state index contributed by atoms with van der Waals surface area (Å²) < 4.78 is 5.19. The first-order chi connectivity index (χ1) is 7.18. The van der Waals surface area contributed by atoms with Crippen molar-refractivity contribution < 1.29 is 19.6 Å². The lowest BCUT2D eigenvalue weighted by Gasteiger charge is -2.19. The zero-order valence-corrected chi connectivity index (χ0v) is 7.75. The first kappa shape index (κ1) is 8.73. The third-order valence-electron chi connectivity index (χ3n) is 2.98. The Morgan fingerprint density at radius 1 is 1.67 bits per heavy atom. The Morgan fingerprint density at radius 2 is 2.47 bits per heavy atom. The molecule has 5 nitrogen and oxygen atoms in total. The van der Waals surface area contributed by atoms with Crippen molar-refractivity contribution in [1.82, 2.24) is 4.98 Å². The summed E-state index contributed by atoms with van der Waals surface area (Å²) in [7, 11) is -0.884. The largest absolute Gasteiger partial charge is 0.534 e. The molecule has 3 rings (SSSR count). The molecular weight excluding hydrogens is 197 g/mol. The van der Waals surface area contributed by atoms with Crippen LogP contribution >= 0.6 is 0 Å². The van der Waals surface area contributed by atoms with Crippen LogP contribution in [-0.2, 0) is 0 Å². The van der Waals surface area contributed by atoms with Crippen molar-refractivity contribution >= 4 is 13.1 Å². The number of pyridine rings is 1. The van der Waals surface area contributed by atoms with Gasteiger partial charge >= 0.3 is 13.1 Å². The van der Waals surface area contributed by atoms with Crippen LogP contribution in [0.25, 0.3) is 0 Å². The highest BCUT2D eigenvalue weighted by molar-refractivity contribution is 6.48. The van der Waals surface area contributed by atoms with E-state index in [4.69, 9.17) is 9.76 Å². The van der Waals surface area contributed by atoms with Gasteiger partial charge in [0.15, 0.2) is 5.69 Å². The lowest BCUT2D eigenvalue weighted by atomic mass is 9.77. The molecule has 76 valence electrons. The van der Waals surface area contributed by atoms with E-state index in [1.165, 1.54) is 6.20 Å². The standard InChI is InChI=1S/C9H8BNO4/c12-9(13)7-8-4(1-2-11-7)5-3-6(5)10(14)15-8/h1-2,5-6,14H,3H2,(H,12,13)/t5?,6-/m0/s1. The number of aromatic carboxylic acids is 1. The van der Waals surface area contributed by atoms with Crippen LogP contribution in [0.4, 0.5) is 0 Å². The SMILES string of the molecule is O=C(O)c1nccc2c1OB(O)[C@H]1CC21. The minimum absolute atomic E-state index is 0.114. The molecule has 0 saturated heterocycles. The molecule has 1 aliphatic carbocycles. The van der Waals surface area contributed by atoms with Crippen molar-refractivity contribution in [1.29, 1.82) is 0 Å². The molecule has 0 aromatic carbocycles. The van der Waals surface area contributed by atoms with Crippen LogP contribution in [0.5, 0.6) is 5.75 Å². The van der Waals surface area contributed by atoms with Gasteiger partial charge in [0.1, 0.15) is 5.75 Å². The maximum atomic E-state index is 10.9. The Labute approximate surface area is 85.9 Å². The number of rotatable bonds is 1. The van der Waals surface area contributed by atoms with Crippen molar-refractivity contribution in [3.8, 4) is 5.75 Å². The molecule has 1 aliphatic heterocycles. The van der Waals surface area contributed by atoms with Gasteiger partial charge in [0.2, 0.25) is 0 Å². The molecule has 2 aliphatic rings. The Hall–Kier alpha value is -1.56. The number of aromatic nitrogens is 1. The zero-order chi connectivity index (χ0) is 10.6. The quantitative estimate of drug-likeness (QED) is 0.652. The fourth-order valence-electron chi connectivity index (χ4n) is 2.13. The Morgan fingerprint density at radius 3 is 3.20 bits per heavy atom. The molecule has 0 amide bonds. The van der Waals surface area contributed by atoms with Crippen LogP contribution < -0.4 is 4.65 Å². The van der Waals surface area contributed by atoms with Crippen molar-refractivity contribution in [3.63, 3.8) is 0 Å². The van der Waals surface area contributed by atoms with Gasteiger partial charge in [-0.25, -0.2) is 9.78 Å². The van der Waals surface area contributed by atoms with E-state index in [0.29, 0.717) is 0 Å². The molecule has 6 heteroatoms. The van der Waals surface area contributed by atoms with E-state index in [2.05, 4.69) is 4.98 Å². The smallest absolute Gasteiger partial charge is 0.526 e. The van der Waals surface area contributed by atoms with Gasteiger partial charge < -0.3 is 14.8 Å². The van der Waals surface area contributed by atoms with Gasteiger partial charge in [-0.15, -0.1) is 0 Å². The number of carbonyl (C=O) groups is 1. The van der Waals surface area contributed by atoms with Crippen LogP contribution in [0.3, 0.4) is 0 Å². The second-order valence-corrected chi connectivity index (χ2v) is 3.90. The van der Waals surface area contributed by atoms with E-state index in [9.17, 15) is 9.82 Å². The minimum Gasteiger partial charge on any atom is -0.534 e. The molecule has 0 spiro atoms. The summed E-state index contributed by atoms with van der Waals surface area (Å²) in [5, 5.41) is 18.4. The topological polar surface area (TPSA) is 79.7 Å². The second kappa shape index (κ2) is 2.73. The Kier molecular flexibility index (Phi) is 1.59. The van der Waals surface area contributed by atoms with E-state index in [1.54, 1.807) is 6.07 Å². The summed E-state index contributed by atoms with van der Waals surface area (Å²) in [6, 6.07) is 1.76. The van der Waals surface area contributed by atoms with Gasteiger partial charge in [-0.3, -0.25) is 0 Å². The zero-order valence-electron chi connectivity index (χ0n) is 7.75. The summed E-state index contributed by atoms with van der Waals surface area (Å²) in [6.07, 6.45) is 2.33. The molecule has 2 heterocycles. The minimum atomic E-state index is -1.13. The van der Waals surface area contributed by atoms with E-state index < -0.39 is 13.1 Å². The lowest BCUT2D eigenvalue weighted by Crippen LogP contribution is -2.27. The van der Waals surface area contributed by atoms with Gasteiger partial charge in [-0.1, -0.05) is 0 Å². The van der Waals surface area contributed by atoms with Crippen LogP contribution in [-0.4, -0.2) is 28.2 Å². The fraction of sp³-hybridized carbons (Fsp3) is 0.333. The predicted molar refractivity (Wildman–Crippen MR) is 50.9 cm³/mol. The van der Waals surface area contributed by atoms with E-state index in [0.717, 1.165) is 12.0 Å². The Bertz CT molecular complexity index is 450.